The zero-order valence-electron chi connectivity index (χ0n) is 12.0. The standard InChI is InChI=1S/C13H21N3O3/c1-5-18-11(17)13(4)6-7-16(8-13)12-14-10(9(2)3)15-19-12/h9H,5-8H2,1-4H3. The molecule has 0 radical (unpaired) electrons. The average molecular weight is 267 g/mol. The summed E-state index contributed by atoms with van der Waals surface area (Å²) in [5.74, 6) is 0.775. The van der Waals surface area contributed by atoms with Crippen molar-refractivity contribution >= 4 is 12.0 Å². The lowest BCUT2D eigenvalue weighted by atomic mass is 9.90. The van der Waals surface area contributed by atoms with Gasteiger partial charge in [-0.15, -0.1) is 0 Å². The Balaban J connectivity index is 2.06. The minimum Gasteiger partial charge on any atom is -0.466 e. The Labute approximate surface area is 113 Å². The fourth-order valence-electron chi connectivity index (χ4n) is 2.19. The van der Waals surface area contributed by atoms with Crippen LogP contribution < -0.4 is 4.90 Å². The second-order valence-electron chi connectivity index (χ2n) is 5.54. The van der Waals surface area contributed by atoms with Crippen molar-refractivity contribution in [2.24, 2.45) is 5.41 Å². The van der Waals surface area contributed by atoms with E-state index in [1.54, 1.807) is 0 Å². The van der Waals surface area contributed by atoms with Crippen molar-refractivity contribution in [2.45, 2.75) is 40.0 Å². The number of ether oxygens (including phenoxy) is 1. The molecule has 1 saturated heterocycles. The summed E-state index contributed by atoms with van der Waals surface area (Å²) >= 11 is 0. The number of anilines is 1. The van der Waals surface area contributed by atoms with Crippen LogP contribution in [0.15, 0.2) is 4.52 Å². The molecule has 0 saturated carbocycles. The molecular formula is C13H21N3O3. The lowest BCUT2D eigenvalue weighted by Crippen LogP contribution is -2.33. The van der Waals surface area contributed by atoms with E-state index in [9.17, 15) is 4.79 Å². The van der Waals surface area contributed by atoms with Crippen LogP contribution >= 0.6 is 0 Å². The zero-order chi connectivity index (χ0) is 14.0. The Morgan fingerprint density at radius 2 is 2.32 bits per heavy atom. The first kappa shape index (κ1) is 13.8. The summed E-state index contributed by atoms with van der Waals surface area (Å²) in [6, 6.07) is 0.497. The van der Waals surface area contributed by atoms with E-state index in [0.29, 0.717) is 25.0 Å². The van der Waals surface area contributed by atoms with Crippen LogP contribution in [-0.2, 0) is 9.53 Å². The molecule has 0 N–H and O–H groups in total. The average Bonchev–Trinajstić information content (AvgIpc) is 2.96. The molecule has 106 valence electrons. The lowest BCUT2D eigenvalue weighted by molar-refractivity contribution is -0.153. The van der Waals surface area contributed by atoms with Gasteiger partial charge in [-0.2, -0.15) is 4.98 Å². The molecule has 2 rings (SSSR count). The highest BCUT2D eigenvalue weighted by Crippen LogP contribution is 2.34. The summed E-state index contributed by atoms with van der Waals surface area (Å²) < 4.78 is 10.4. The number of rotatable bonds is 4. The number of hydrogen-bond donors (Lipinski definition) is 0. The van der Waals surface area contributed by atoms with Crippen LogP contribution in [0, 0.1) is 5.41 Å². The summed E-state index contributed by atoms with van der Waals surface area (Å²) in [5.41, 5.74) is -0.484. The van der Waals surface area contributed by atoms with Crippen LogP contribution in [0.1, 0.15) is 45.9 Å². The Morgan fingerprint density at radius 1 is 1.58 bits per heavy atom. The Morgan fingerprint density at radius 3 is 2.89 bits per heavy atom. The fraction of sp³-hybridized carbons (Fsp3) is 0.769. The maximum absolute atomic E-state index is 11.9. The van der Waals surface area contributed by atoms with Crippen molar-refractivity contribution in [1.82, 2.24) is 10.1 Å². The number of nitrogens with zero attached hydrogens (tertiary/aromatic N) is 3. The van der Waals surface area contributed by atoms with E-state index < -0.39 is 5.41 Å². The molecule has 6 nitrogen and oxygen atoms in total. The molecular weight excluding hydrogens is 246 g/mol. The highest BCUT2D eigenvalue weighted by atomic mass is 16.5. The van der Waals surface area contributed by atoms with Gasteiger partial charge in [0, 0.05) is 19.0 Å². The van der Waals surface area contributed by atoms with Gasteiger partial charge in [0.15, 0.2) is 5.82 Å². The second kappa shape index (κ2) is 5.19. The molecule has 0 spiro atoms. The predicted octanol–water partition coefficient (Wildman–Crippen LogP) is 1.97. The van der Waals surface area contributed by atoms with Crippen molar-refractivity contribution in [3.8, 4) is 0 Å². The molecule has 1 unspecified atom stereocenters. The molecule has 1 aromatic heterocycles. The highest BCUT2D eigenvalue weighted by molar-refractivity contribution is 5.78. The number of esters is 1. The fourth-order valence-corrected chi connectivity index (χ4v) is 2.19. The van der Waals surface area contributed by atoms with Gasteiger partial charge in [0.25, 0.3) is 0 Å². The third-order valence-corrected chi connectivity index (χ3v) is 3.46. The molecule has 1 atom stereocenters. The van der Waals surface area contributed by atoms with Crippen LogP contribution in [0.3, 0.4) is 0 Å². The third-order valence-electron chi connectivity index (χ3n) is 3.46. The first-order valence-corrected chi connectivity index (χ1v) is 6.72. The molecule has 0 bridgehead atoms. The second-order valence-corrected chi connectivity index (χ2v) is 5.54. The van der Waals surface area contributed by atoms with E-state index in [1.165, 1.54) is 0 Å². The maximum Gasteiger partial charge on any atom is 0.324 e. The van der Waals surface area contributed by atoms with E-state index in [-0.39, 0.29) is 11.9 Å². The normalized spacial score (nSPS) is 23.1. The number of carbonyl (C=O) groups is 1. The largest absolute Gasteiger partial charge is 0.466 e. The number of aromatic nitrogens is 2. The lowest BCUT2D eigenvalue weighted by Gasteiger charge is -2.21. The number of carbonyl (C=O) groups excluding carboxylic acids is 1. The molecule has 1 fully saturated rings. The van der Waals surface area contributed by atoms with Crippen LogP contribution in [0.5, 0.6) is 0 Å². The zero-order valence-corrected chi connectivity index (χ0v) is 12.0. The van der Waals surface area contributed by atoms with Gasteiger partial charge in [-0.3, -0.25) is 4.79 Å². The summed E-state index contributed by atoms with van der Waals surface area (Å²) in [6.45, 7) is 9.47. The first-order valence-electron chi connectivity index (χ1n) is 6.72. The van der Waals surface area contributed by atoms with Gasteiger partial charge in [-0.25, -0.2) is 0 Å². The van der Waals surface area contributed by atoms with Crippen molar-refractivity contribution in [1.29, 1.82) is 0 Å². The molecule has 2 heterocycles. The van der Waals surface area contributed by atoms with Crippen molar-refractivity contribution in [3.63, 3.8) is 0 Å². The Hall–Kier alpha value is -1.59. The Bertz CT molecular complexity index is 458. The van der Waals surface area contributed by atoms with Crippen LogP contribution in [0.2, 0.25) is 0 Å². The molecule has 0 amide bonds. The van der Waals surface area contributed by atoms with Crippen molar-refractivity contribution in [3.05, 3.63) is 5.82 Å². The minimum atomic E-state index is -0.484. The van der Waals surface area contributed by atoms with Gasteiger partial charge in [0.1, 0.15) is 0 Å². The van der Waals surface area contributed by atoms with Crippen LogP contribution in [0.4, 0.5) is 6.01 Å². The molecule has 1 aliphatic rings. The molecule has 0 aliphatic carbocycles. The quantitative estimate of drug-likeness (QED) is 0.777. The van der Waals surface area contributed by atoms with E-state index >= 15 is 0 Å². The topological polar surface area (TPSA) is 68.5 Å². The molecule has 6 heteroatoms. The van der Waals surface area contributed by atoms with Crippen molar-refractivity contribution < 1.29 is 14.1 Å². The molecule has 1 aliphatic heterocycles. The van der Waals surface area contributed by atoms with E-state index in [1.807, 2.05) is 32.6 Å². The first-order chi connectivity index (χ1) is 8.96. The Kier molecular flexibility index (Phi) is 3.78. The van der Waals surface area contributed by atoms with Crippen molar-refractivity contribution in [2.75, 3.05) is 24.6 Å². The van der Waals surface area contributed by atoms with E-state index in [0.717, 1.165) is 13.0 Å². The smallest absolute Gasteiger partial charge is 0.324 e. The summed E-state index contributed by atoms with van der Waals surface area (Å²) in [7, 11) is 0. The van der Waals surface area contributed by atoms with Gasteiger partial charge in [-0.1, -0.05) is 19.0 Å². The summed E-state index contributed by atoms with van der Waals surface area (Å²) in [5, 5.41) is 3.95. The van der Waals surface area contributed by atoms with Crippen LogP contribution in [0.25, 0.3) is 0 Å². The maximum atomic E-state index is 11.9. The van der Waals surface area contributed by atoms with Gasteiger partial charge in [0.2, 0.25) is 0 Å². The van der Waals surface area contributed by atoms with E-state index in [2.05, 4.69) is 10.1 Å². The van der Waals surface area contributed by atoms with Crippen LogP contribution in [-0.4, -0.2) is 35.8 Å². The summed E-state index contributed by atoms with van der Waals surface area (Å²) in [4.78, 5) is 18.3. The predicted molar refractivity (Wildman–Crippen MR) is 70.0 cm³/mol. The minimum absolute atomic E-state index is 0.152. The van der Waals surface area contributed by atoms with Gasteiger partial charge >= 0.3 is 12.0 Å². The SMILES string of the molecule is CCOC(=O)C1(C)CCN(c2nc(C(C)C)no2)C1. The van der Waals surface area contributed by atoms with Gasteiger partial charge < -0.3 is 14.2 Å². The molecule has 19 heavy (non-hydrogen) atoms. The molecule has 0 aromatic carbocycles. The summed E-state index contributed by atoms with van der Waals surface area (Å²) in [6.07, 6.45) is 0.741. The van der Waals surface area contributed by atoms with Gasteiger partial charge in [-0.05, 0) is 20.3 Å². The highest BCUT2D eigenvalue weighted by Gasteiger charge is 2.43. The van der Waals surface area contributed by atoms with E-state index in [4.69, 9.17) is 9.26 Å². The number of hydrogen-bond acceptors (Lipinski definition) is 6. The third kappa shape index (κ3) is 2.72. The molecule has 1 aromatic rings. The van der Waals surface area contributed by atoms with Gasteiger partial charge in [0.05, 0.1) is 12.0 Å². The monoisotopic (exact) mass is 267 g/mol.